The monoisotopic (exact) mass is 444 g/mol. The number of carbonyl (C=O) groups is 2. The van der Waals surface area contributed by atoms with E-state index in [-0.39, 0.29) is 17.4 Å². The number of carboxylic acids is 1. The number of hydrogen-bond donors (Lipinski definition) is 2. The van der Waals surface area contributed by atoms with Gasteiger partial charge in [-0.1, -0.05) is 24.3 Å². The van der Waals surface area contributed by atoms with Gasteiger partial charge in [-0.15, -0.1) is 0 Å². The van der Waals surface area contributed by atoms with E-state index in [9.17, 15) is 18.9 Å². The lowest BCUT2D eigenvalue weighted by Crippen LogP contribution is -2.13. The molecule has 0 spiro atoms. The Labute approximate surface area is 185 Å². The Morgan fingerprint density at radius 2 is 1.91 bits per heavy atom. The lowest BCUT2D eigenvalue weighted by molar-refractivity contribution is 0.0689. The first kappa shape index (κ1) is 19.8. The van der Waals surface area contributed by atoms with Crippen LogP contribution in [-0.4, -0.2) is 36.0 Å². The normalized spacial score (nSPS) is 14.3. The van der Waals surface area contributed by atoms with Gasteiger partial charge in [0.15, 0.2) is 5.69 Å². The smallest absolute Gasteiger partial charge is 0.356 e. The van der Waals surface area contributed by atoms with Crippen molar-refractivity contribution in [1.82, 2.24) is 14.8 Å². The average molecular weight is 444 g/mol. The summed E-state index contributed by atoms with van der Waals surface area (Å²) >= 11 is 0. The van der Waals surface area contributed by atoms with Crippen LogP contribution in [0, 0.1) is 0 Å². The molecule has 5 rings (SSSR count). The molecule has 158 valence electrons. The summed E-state index contributed by atoms with van der Waals surface area (Å²) in [5.74, 6) is -1.46. The van der Waals surface area contributed by atoms with E-state index < -0.39 is 16.8 Å². The Morgan fingerprint density at radius 1 is 1.06 bits per heavy atom. The van der Waals surface area contributed by atoms with Crippen LogP contribution in [-0.2, 0) is 16.6 Å². The predicted octanol–water partition coefficient (Wildman–Crippen LogP) is 3.51. The van der Waals surface area contributed by atoms with Crippen molar-refractivity contribution >= 4 is 28.4 Å². The number of aromatic nitrogens is 3. The van der Waals surface area contributed by atoms with Gasteiger partial charge in [0.1, 0.15) is 0 Å². The summed E-state index contributed by atoms with van der Waals surface area (Å²) in [7, 11) is -1.37. The summed E-state index contributed by atoms with van der Waals surface area (Å²) < 4.78 is 14.2. The molecule has 0 bridgehead atoms. The van der Waals surface area contributed by atoms with Gasteiger partial charge in [0.05, 0.1) is 39.8 Å². The third kappa shape index (κ3) is 3.38. The molecule has 32 heavy (non-hydrogen) atoms. The highest BCUT2D eigenvalue weighted by atomic mass is 32.2. The van der Waals surface area contributed by atoms with Crippen LogP contribution < -0.4 is 5.32 Å². The second kappa shape index (κ2) is 7.86. The number of carbonyl (C=O) groups excluding carboxylic acids is 1. The molecule has 1 atom stereocenters. The lowest BCUT2D eigenvalue weighted by Gasteiger charge is -2.18. The first-order valence-electron chi connectivity index (χ1n) is 9.67. The highest BCUT2D eigenvalue weighted by Crippen LogP contribution is 2.39. The molecule has 1 aliphatic heterocycles. The maximum absolute atomic E-state index is 12.7. The molecule has 0 aliphatic carbocycles. The Hall–Kier alpha value is -4.11. The number of nitrogens with one attached hydrogen (secondary N) is 1. The Bertz CT molecular complexity index is 1400. The lowest BCUT2D eigenvalue weighted by atomic mass is 10.1. The van der Waals surface area contributed by atoms with Gasteiger partial charge >= 0.3 is 5.97 Å². The van der Waals surface area contributed by atoms with E-state index in [0.29, 0.717) is 38.7 Å². The van der Waals surface area contributed by atoms with Crippen LogP contribution in [0.2, 0.25) is 0 Å². The second-order valence-electron chi connectivity index (χ2n) is 7.12. The van der Waals surface area contributed by atoms with Crippen LogP contribution in [0.3, 0.4) is 0 Å². The molecule has 0 saturated heterocycles. The summed E-state index contributed by atoms with van der Waals surface area (Å²) in [5, 5.41) is 16.8. The molecule has 1 unspecified atom stereocenters. The van der Waals surface area contributed by atoms with Gasteiger partial charge in [-0.3, -0.25) is 14.0 Å². The van der Waals surface area contributed by atoms with Crippen LogP contribution >= 0.6 is 0 Å². The van der Waals surface area contributed by atoms with Gasteiger partial charge in [0, 0.05) is 27.8 Å². The first-order chi connectivity index (χ1) is 15.5. The third-order valence-corrected chi connectivity index (χ3v) is 6.52. The van der Waals surface area contributed by atoms with Crippen molar-refractivity contribution in [2.45, 2.75) is 10.6 Å². The predicted molar refractivity (Wildman–Crippen MR) is 118 cm³/mol. The van der Waals surface area contributed by atoms with Gasteiger partial charge in [0.25, 0.3) is 5.91 Å². The van der Waals surface area contributed by atoms with E-state index in [0.717, 1.165) is 0 Å². The first-order valence-corrected chi connectivity index (χ1v) is 11.0. The number of benzene rings is 2. The molecule has 0 fully saturated rings. The van der Waals surface area contributed by atoms with Crippen LogP contribution in [0.5, 0.6) is 0 Å². The number of pyridine rings is 1. The summed E-state index contributed by atoms with van der Waals surface area (Å²) in [6, 6.07) is 17.4. The quantitative estimate of drug-likeness (QED) is 0.498. The zero-order chi connectivity index (χ0) is 22.2. The minimum absolute atomic E-state index is 0.0646. The Balaban J connectivity index is 1.62. The Kier molecular flexibility index (Phi) is 4.87. The number of fused-ring (bicyclic) bond motifs is 3. The van der Waals surface area contributed by atoms with Gasteiger partial charge in [-0.25, -0.2) is 9.48 Å². The SMILES string of the molecule is O=C(Nc1cccnc1)c1cccc(-n2nc(C(=O)O)c3c2-c2ccccc2S(=O)C3)c1. The van der Waals surface area contributed by atoms with Gasteiger partial charge in [0.2, 0.25) is 0 Å². The summed E-state index contributed by atoms with van der Waals surface area (Å²) in [5.41, 5.74) is 2.96. The standard InChI is InChI=1S/C23H16N4O4S/c28-22(25-15-6-4-10-24-12-15)14-5-3-7-16(11-14)27-21-17-8-1-2-9-19(17)32(31)13-18(21)20(26-27)23(29)30/h1-12H,13H2,(H,25,28)(H,29,30). The number of nitrogens with zero attached hydrogens (tertiary/aromatic N) is 3. The van der Waals surface area contributed by atoms with E-state index in [1.165, 1.54) is 4.68 Å². The molecule has 1 amide bonds. The summed E-state index contributed by atoms with van der Waals surface area (Å²) in [4.78, 5) is 29.2. The Morgan fingerprint density at radius 3 is 2.69 bits per heavy atom. The van der Waals surface area contributed by atoms with Gasteiger partial charge in [-0.05, 0) is 36.4 Å². The summed E-state index contributed by atoms with van der Waals surface area (Å²) in [6.07, 6.45) is 3.16. The zero-order valence-electron chi connectivity index (χ0n) is 16.6. The van der Waals surface area contributed by atoms with E-state index in [1.807, 2.05) is 0 Å². The van der Waals surface area contributed by atoms with Crippen molar-refractivity contribution in [2.24, 2.45) is 0 Å². The largest absolute Gasteiger partial charge is 0.476 e. The number of aromatic carboxylic acids is 1. The van der Waals surface area contributed by atoms with E-state index >= 15 is 0 Å². The van der Waals surface area contributed by atoms with Gasteiger partial charge in [-0.2, -0.15) is 5.10 Å². The highest BCUT2D eigenvalue weighted by Gasteiger charge is 2.32. The molecule has 0 radical (unpaired) electrons. The molecule has 3 heterocycles. The van der Waals surface area contributed by atoms with Crippen molar-refractivity contribution in [3.05, 3.63) is 89.9 Å². The fourth-order valence-electron chi connectivity index (χ4n) is 3.71. The maximum atomic E-state index is 12.7. The highest BCUT2D eigenvalue weighted by molar-refractivity contribution is 7.84. The van der Waals surface area contributed by atoms with Crippen molar-refractivity contribution in [2.75, 3.05) is 5.32 Å². The maximum Gasteiger partial charge on any atom is 0.356 e. The molecule has 2 aromatic carbocycles. The number of rotatable bonds is 4. The fourth-order valence-corrected chi connectivity index (χ4v) is 5.04. The van der Waals surface area contributed by atoms with Crippen molar-refractivity contribution in [3.63, 3.8) is 0 Å². The van der Waals surface area contributed by atoms with E-state index in [2.05, 4.69) is 15.4 Å². The molecular weight excluding hydrogens is 428 g/mol. The van der Waals surface area contributed by atoms with Crippen molar-refractivity contribution in [1.29, 1.82) is 0 Å². The van der Waals surface area contributed by atoms with Gasteiger partial charge < -0.3 is 10.4 Å². The molecule has 2 aromatic heterocycles. The van der Waals surface area contributed by atoms with E-state index in [4.69, 9.17) is 0 Å². The zero-order valence-corrected chi connectivity index (χ0v) is 17.4. The van der Waals surface area contributed by atoms with Crippen LogP contribution in [0.1, 0.15) is 26.4 Å². The molecular formula is C23H16N4O4S. The van der Waals surface area contributed by atoms with E-state index in [1.54, 1.807) is 73.1 Å². The molecule has 0 saturated carbocycles. The topological polar surface area (TPSA) is 114 Å². The van der Waals surface area contributed by atoms with Crippen molar-refractivity contribution in [3.8, 4) is 16.9 Å². The fraction of sp³-hybridized carbons (Fsp3) is 0.0435. The molecule has 1 aliphatic rings. The minimum atomic E-state index is -1.37. The van der Waals surface area contributed by atoms with Crippen LogP contribution in [0.15, 0.2) is 78.0 Å². The molecule has 9 heteroatoms. The minimum Gasteiger partial charge on any atom is -0.476 e. The van der Waals surface area contributed by atoms with Crippen LogP contribution in [0.4, 0.5) is 5.69 Å². The number of amides is 1. The van der Waals surface area contributed by atoms with Crippen LogP contribution in [0.25, 0.3) is 16.9 Å². The number of carboxylic acid groups (broad SMARTS) is 1. The average Bonchev–Trinajstić information content (AvgIpc) is 3.20. The molecule has 8 nitrogen and oxygen atoms in total. The molecule has 2 N–H and O–H groups in total. The number of hydrogen-bond acceptors (Lipinski definition) is 5. The van der Waals surface area contributed by atoms with Crippen molar-refractivity contribution < 1.29 is 18.9 Å². The number of anilines is 1. The summed E-state index contributed by atoms with van der Waals surface area (Å²) in [6.45, 7) is 0. The third-order valence-electron chi connectivity index (χ3n) is 5.12. The molecule has 4 aromatic rings. The second-order valence-corrected chi connectivity index (χ2v) is 8.54.